The maximum Gasteiger partial charge on any atom is 0.155 e. The Hall–Kier alpha value is -2.83. The summed E-state index contributed by atoms with van der Waals surface area (Å²) in [6.45, 7) is 0. The highest BCUT2D eigenvalue weighted by Gasteiger charge is 2.30. The van der Waals surface area contributed by atoms with Crippen LogP contribution in [0.5, 0.6) is 0 Å². The van der Waals surface area contributed by atoms with Crippen molar-refractivity contribution in [2.24, 2.45) is 0 Å². The van der Waals surface area contributed by atoms with E-state index in [4.69, 9.17) is 4.42 Å². The van der Waals surface area contributed by atoms with Gasteiger partial charge in [0, 0.05) is 0 Å². The number of nitrogens with one attached hydrogen (secondary N) is 1. The van der Waals surface area contributed by atoms with E-state index in [0.29, 0.717) is 5.76 Å². The molecular formula is C19H14N2O. The topological polar surface area (TPSA) is 49.0 Å². The molecule has 4 rings (SSSR count). The van der Waals surface area contributed by atoms with E-state index in [1.807, 2.05) is 30.3 Å². The SMILES string of the molecule is N#C[C@@H](NC1c2ccccc2-c2ccccc21)c1ccco1. The highest BCUT2D eigenvalue weighted by atomic mass is 16.3. The zero-order valence-corrected chi connectivity index (χ0v) is 11.9. The Kier molecular flexibility index (Phi) is 3.03. The van der Waals surface area contributed by atoms with E-state index in [9.17, 15) is 5.26 Å². The number of furan rings is 1. The fourth-order valence-electron chi connectivity index (χ4n) is 3.14. The maximum absolute atomic E-state index is 9.48. The van der Waals surface area contributed by atoms with Gasteiger partial charge in [0.25, 0.3) is 0 Å². The predicted molar refractivity (Wildman–Crippen MR) is 83.9 cm³/mol. The van der Waals surface area contributed by atoms with E-state index in [-0.39, 0.29) is 6.04 Å². The smallest absolute Gasteiger partial charge is 0.155 e. The lowest BCUT2D eigenvalue weighted by Gasteiger charge is -2.18. The Morgan fingerprint density at radius 1 is 0.909 bits per heavy atom. The molecule has 3 nitrogen and oxygen atoms in total. The molecule has 1 N–H and O–H groups in total. The molecule has 0 saturated heterocycles. The summed E-state index contributed by atoms with van der Waals surface area (Å²) in [6.07, 6.45) is 1.60. The molecule has 3 aromatic rings. The fourth-order valence-corrected chi connectivity index (χ4v) is 3.14. The van der Waals surface area contributed by atoms with Crippen molar-refractivity contribution < 1.29 is 4.42 Å². The number of nitriles is 1. The number of nitrogens with zero attached hydrogens (tertiary/aromatic N) is 1. The lowest BCUT2D eigenvalue weighted by Crippen LogP contribution is -2.24. The van der Waals surface area contributed by atoms with Crippen molar-refractivity contribution in [2.75, 3.05) is 0 Å². The highest BCUT2D eigenvalue weighted by Crippen LogP contribution is 2.43. The molecule has 0 bridgehead atoms. The molecular weight excluding hydrogens is 272 g/mol. The first-order chi connectivity index (χ1) is 10.9. The fraction of sp³-hybridized carbons (Fsp3) is 0.105. The van der Waals surface area contributed by atoms with Crippen molar-refractivity contribution in [3.05, 3.63) is 83.8 Å². The third kappa shape index (κ3) is 1.93. The second-order valence-electron chi connectivity index (χ2n) is 5.35. The van der Waals surface area contributed by atoms with Crippen molar-refractivity contribution >= 4 is 0 Å². The van der Waals surface area contributed by atoms with Gasteiger partial charge < -0.3 is 4.42 Å². The van der Waals surface area contributed by atoms with Gasteiger partial charge in [-0.05, 0) is 34.4 Å². The zero-order chi connectivity index (χ0) is 14.9. The predicted octanol–water partition coefficient (Wildman–Crippen LogP) is 4.20. The van der Waals surface area contributed by atoms with E-state index < -0.39 is 6.04 Å². The monoisotopic (exact) mass is 286 g/mol. The minimum absolute atomic E-state index is 0.00199. The Labute approximate surface area is 128 Å². The molecule has 106 valence electrons. The molecule has 2 aromatic carbocycles. The van der Waals surface area contributed by atoms with E-state index in [1.54, 1.807) is 12.3 Å². The Bertz CT molecular complexity index is 800. The van der Waals surface area contributed by atoms with Crippen LogP contribution in [0.3, 0.4) is 0 Å². The van der Waals surface area contributed by atoms with Crippen molar-refractivity contribution in [3.8, 4) is 17.2 Å². The summed E-state index contributed by atoms with van der Waals surface area (Å²) in [6, 6.07) is 22.1. The molecule has 22 heavy (non-hydrogen) atoms. The van der Waals surface area contributed by atoms with E-state index in [1.165, 1.54) is 22.3 Å². The normalized spacial score (nSPS) is 14.1. The van der Waals surface area contributed by atoms with Gasteiger partial charge in [0.05, 0.1) is 18.4 Å². The molecule has 0 amide bonds. The van der Waals surface area contributed by atoms with Gasteiger partial charge in [-0.15, -0.1) is 0 Å². The number of fused-ring (bicyclic) bond motifs is 3. The summed E-state index contributed by atoms with van der Waals surface area (Å²) >= 11 is 0. The molecule has 1 aliphatic carbocycles. The average molecular weight is 286 g/mol. The van der Waals surface area contributed by atoms with Gasteiger partial charge in [-0.3, -0.25) is 5.32 Å². The van der Waals surface area contributed by atoms with Crippen LogP contribution in [-0.2, 0) is 0 Å². The van der Waals surface area contributed by atoms with Crippen molar-refractivity contribution in [2.45, 2.75) is 12.1 Å². The Balaban J connectivity index is 1.77. The number of benzene rings is 2. The summed E-state index contributed by atoms with van der Waals surface area (Å²) in [5, 5.41) is 12.9. The van der Waals surface area contributed by atoms with E-state index >= 15 is 0 Å². The van der Waals surface area contributed by atoms with Crippen LogP contribution in [0, 0.1) is 11.3 Å². The molecule has 0 aliphatic heterocycles. The van der Waals surface area contributed by atoms with Gasteiger partial charge in [0.1, 0.15) is 5.76 Å². The standard InChI is InChI=1S/C19H14N2O/c20-12-17(18-10-5-11-22-18)21-19-15-8-3-1-6-13(15)14-7-2-4-9-16(14)19/h1-11,17,19,21H/t17-/m1/s1. The number of hydrogen-bond donors (Lipinski definition) is 1. The summed E-state index contributed by atoms with van der Waals surface area (Å²) in [5.74, 6) is 0.643. The van der Waals surface area contributed by atoms with Gasteiger partial charge >= 0.3 is 0 Å². The van der Waals surface area contributed by atoms with Crippen molar-refractivity contribution in [3.63, 3.8) is 0 Å². The van der Waals surface area contributed by atoms with Gasteiger partial charge in [-0.1, -0.05) is 48.5 Å². The molecule has 3 heteroatoms. The number of rotatable bonds is 3. The molecule has 0 saturated carbocycles. The van der Waals surface area contributed by atoms with Crippen LogP contribution >= 0.6 is 0 Å². The zero-order valence-electron chi connectivity index (χ0n) is 11.9. The van der Waals surface area contributed by atoms with Crippen molar-refractivity contribution in [1.82, 2.24) is 5.32 Å². The first-order valence-electron chi connectivity index (χ1n) is 7.26. The van der Waals surface area contributed by atoms with Crippen LogP contribution in [0.2, 0.25) is 0 Å². The van der Waals surface area contributed by atoms with E-state index in [0.717, 1.165) is 0 Å². The molecule has 0 unspecified atom stereocenters. The lowest BCUT2D eigenvalue weighted by atomic mass is 10.0. The summed E-state index contributed by atoms with van der Waals surface area (Å²) in [7, 11) is 0. The largest absolute Gasteiger partial charge is 0.467 e. The maximum atomic E-state index is 9.48. The number of hydrogen-bond acceptors (Lipinski definition) is 3. The second-order valence-corrected chi connectivity index (χ2v) is 5.35. The second kappa shape index (κ2) is 5.18. The third-order valence-electron chi connectivity index (χ3n) is 4.12. The molecule has 1 atom stereocenters. The molecule has 0 spiro atoms. The Morgan fingerprint density at radius 2 is 1.55 bits per heavy atom. The first-order valence-corrected chi connectivity index (χ1v) is 7.26. The first kappa shape index (κ1) is 12.9. The van der Waals surface area contributed by atoms with Crippen LogP contribution < -0.4 is 5.32 Å². The average Bonchev–Trinajstić information content (AvgIpc) is 3.20. The van der Waals surface area contributed by atoms with Crippen LogP contribution in [0.4, 0.5) is 0 Å². The summed E-state index contributed by atoms with van der Waals surface area (Å²) < 4.78 is 5.39. The molecule has 0 fully saturated rings. The van der Waals surface area contributed by atoms with Gasteiger partial charge in [-0.25, -0.2) is 0 Å². The minimum Gasteiger partial charge on any atom is -0.467 e. The van der Waals surface area contributed by atoms with Gasteiger partial charge in [0.15, 0.2) is 6.04 Å². The Morgan fingerprint density at radius 3 is 2.09 bits per heavy atom. The molecule has 0 radical (unpaired) electrons. The minimum atomic E-state index is -0.473. The van der Waals surface area contributed by atoms with E-state index in [2.05, 4.69) is 35.7 Å². The van der Waals surface area contributed by atoms with Gasteiger partial charge in [0.2, 0.25) is 0 Å². The summed E-state index contributed by atoms with van der Waals surface area (Å²) in [5.41, 5.74) is 4.87. The summed E-state index contributed by atoms with van der Waals surface area (Å²) in [4.78, 5) is 0. The third-order valence-corrected chi connectivity index (χ3v) is 4.12. The molecule has 1 aliphatic rings. The van der Waals surface area contributed by atoms with Gasteiger partial charge in [-0.2, -0.15) is 5.26 Å². The molecule has 1 heterocycles. The van der Waals surface area contributed by atoms with Crippen LogP contribution in [0.25, 0.3) is 11.1 Å². The quantitative estimate of drug-likeness (QED) is 0.784. The highest BCUT2D eigenvalue weighted by molar-refractivity contribution is 5.78. The van der Waals surface area contributed by atoms with Crippen LogP contribution in [0.1, 0.15) is 29.0 Å². The van der Waals surface area contributed by atoms with Crippen molar-refractivity contribution in [1.29, 1.82) is 5.26 Å². The van der Waals surface area contributed by atoms with Crippen LogP contribution in [-0.4, -0.2) is 0 Å². The van der Waals surface area contributed by atoms with Crippen LogP contribution in [0.15, 0.2) is 71.3 Å². The molecule has 1 aromatic heterocycles. The lowest BCUT2D eigenvalue weighted by molar-refractivity contribution is 0.442.